The van der Waals surface area contributed by atoms with Crippen molar-refractivity contribution in [3.05, 3.63) is 59.9 Å². The molecule has 5 rings (SSSR count). The minimum Gasteiger partial charge on any atom is -0.378 e. The standard InChI is InChI=1S/C22H21N7OS/c1-15-3-2-4-16(13-15)14-24-28-22-26-19-18(20(27-22)29-9-11-30-12-10-29)31-21(25-19)17-5-7-23-8-6-17/h2-8,13-14H,9-12H2,1H3,(H,26,27,28)/b24-14+. The highest BCUT2D eigenvalue weighted by atomic mass is 32.1. The van der Waals surface area contributed by atoms with E-state index in [1.807, 2.05) is 24.3 Å². The molecule has 1 aliphatic heterocycles. The highest BCUT2D eigenvalue weighted by Crippen LogP contribution is 2.35. The lowest BCUT2D eigenvalue weighted by molar-refractivity contribution is 0.122. The molecule has 0 radical (unpaired) electrons. The molecule has 0 saturated carbocycles. The Labute approximate surface area is 183 Å². The zero-order chi connectivity index (χ0) is 21.0. The molecule has 31 heavy (non-hydrogen) atoms. The molecule has 1 N–H and O–H groups in total. The van der Waals surface area contributed by atoms with Crippen molar-refractivity contribution in [1.82, 2.24) is 19.9 Å². The Bertz CT molecular complexity index is 1220. The predicted molar refractivity (Wildman–Crippen MR) is 124 cm³/mol. The van der Waals surface area contributed by atoms with Gasteiger partial charge >= 0.3 is 0 Å². The summed E-state index contributed by atoms with van der Waals surface area (Å²) in [5, 5.41) is 5.23. The van der Waals surface area contributed by atoms with Crippen LogP contribution in [0.3, 0.4) is 0 Å². The number of pyridine rings is 1. The summed E-state index contributed by atoms with van der Waals surface area (Å²) >= 11 is 1.59. The maximum absolute atomic E-state index is 5.52. The van der Waals surface area contributed by atoms with Crippen LogP contribution in [-0.4, -0.2) is 52.5 Å². The van der Waals surface area contributed by atoms with Crippen LogP contribution < -0.4 is 10.3 Å². The summed E-state index contributed by atoms with van der Waals surface area (Å²) in [5.74, 6) is 1.28. The lowest BCUT2D eigenvalue weighted by Gasteiger charge is -2.28. The molecule has 0 atom stereocenters. The number of anilines is 2. The Morgan fingerprint density at radius 2 is 1.94 bits per heavy atom. The van der Waals surface area contributed by atoms with E-state index in [9.17, 15) is 0 Å². The van der Waals surface area contributed by atoms with Gasteiger partial charge in [-0.15, -0.1) is 11.3 Å². The Kier molecular flexibility index (Phi) is 5.51. The van der Waals surface area contributed by atoms with Gasteiger partial charge in [0.25, 0.3) is 0 Å². The number of aromatic nitrogens is 4. The molecule has 1 saturated heterocycles. The van der Waals surface area contributed by atoms with Gasteiger partial charge in [-0.05, 0) is 24.6 Å². The zero-order valence-corrected chi connectivity index (χ0v) is 17.8. The lowest BCUT2D eigenvalue weighted by atomic mass is 10.2. The van der Waals surface area contributed by atoms with Gasteiger partial charge < -0.3 is 9.64 Å². The van der Waals surface area contributed by atoms with Crippen molar-refractivity contribution in [2.75, 3.05) is 36.6 Å². The van der Waals surface area contributed by atoms with Crippen molar-refractivity contribution < 1.29 is 4.74 Å². The first-order valence-corrected chi connectivity index (χ1v) is 10.9. The number of nitrogens with zero attached hydrogens (tertiary/aromatic N) is 6. The van der Waals surface area contributed by atoms with Crippen LogP contribution in [-0.2, 0) is 4.74 Å². The van der Waals surface area contributed by atoms with E-state index in [-0.39, 0.29) is 0 Å². The summed E-state index contributed by atoms with van der Waals surface area (Å²) in [7, 11) is 0. The van der Waals surface area contributed by atoms with Crippen LogP contribution in [0.4, 0.5) is 11.8 Å². The highest BCUT2D eigenvalue weighted by Gasteiger charge is 2.21. The van der Waals surface area contributed by atoms with E-state index < -0.39 is 0 Å². The molecule has 9 heteroatoms. The van der Waals surface area contributed by atoms with Crippen LogP contribution in [0.25, 0.3) is 20.9 Å². The largest absolute Gasteiger partial charge is 0.378 e. The fourth-order valence-corrected chi connectivity index (χ4v) is 4.41. The molecule has 156 valence electrons. The molecule has 0 unspecified atom stereocenters. The van der Waals surface area contributed by atoms with E-state index in [0.29, 0.717) is 24.8 Å². The molecule has 0 aliphatic carbocycles. The number of hydrazone groups is 1. The van der Waals surface area contributed by atoms with E-state index in [4.69, 9.17) is 14.7 Å². The Morgan fingerprint density at radius 1 is 1.10 bits per heavy atom. The number of hydrogen-bond acceptors (Lipinski definition) is 9. The Balaban J connectivity index is 1.50. The Morgan fingerprint density at radius 3 is 2.74 bits per heavy atom. The third-order valence-electron chi connectivity index (χ3n) is 4.89. The van der Waals surface area contributed by atoms with Crippen LogP contribution >= 0.6 is 11.3 Å². The summed E-state index contributed by atoms with van der Waals surface area (Å²) in [5.41, 5.74) is 6.84. The average molecular weight is 432 g/mol. The van der Waals surface area contributed by atoms with Crippen LogP contribution in [0.5, 0.6) is 0 Å². The maximum atomic E-state index is 5.52. The first-order valence-electron chi connectivity index (χ1n) is 10.0. The minimum atomic E-state index is 0.421. The summed E-state index contributed by atoms with van der Waals surface area (Å²) < 4.78 is 6.48. The average Bonchev–Trinajstić information content (AvgIpc) is 3.24. The van der Waals surface area contributed by atoms with E-state index in [0.717, 1.165) is 39.7 Å². The first kappa shape index (κ1) is 19.5. The molecule has 4 aromatic rings. The molecule has 1 aliphatic rings. The number of ether oxygens (including phenoxy) is 1. The van der Waals surface area contributed by atoms with Gasteiger partial charge in [0.1, 0.15) is 9.71 Å². The van der Waals surface area contributed by atoms with Crippen LogP contribution in [0.1, 0.15) is 11.1 Å². The number of benzene rings is 1. The van der Waals surface area contributed by atoms with Gasteiger partial charge in [-0.2, -0.15) is 15.1 Å². The van der Waals surface area contributed by atoms with Crippen molar-refractivity contribution >= 4 is 39.7 Å². The van der Waals surface area contributed by atoms with Gasteiger partial charge in [0.15, 0.2) is 11.5 Å². The number of hydrogen-bond donors (Lipinski definition) is 1. The van der Waals surface area contributed by atoms with Crippen molar-refractivity contribution in [3.8, 4) is 10.6 Å². The minimum absolute atomic E-state index is 0.421. The number of nitrogens with one attached hydrogen (secondary N) is 1. The van der Waals surface area contributed by atoms with Crippen molar-refractivity contribution in [2.24, 2.45) is 5.10 Å². The van der Waals surface area contributed by atoms with E-state index >= 15 is 0 Å². The number of thiazole rings is 1. The second kappa shape index (κ2) is 8.75. The van der Waals surface area contributed by atoms with Gasteiger partial charge in [-0.3, -0.25) is 4.98 Å². The smallest absolute Gasteiger partial charge is 0.247 e. The third-order valence-corrected chi connectivity index (χ3v) is 5.98. The molecule has 0 bridgehead atoms. The topological polar surface area (TPSA) is 88.4 Å². The quantitative estimate of drug-likeness (QED) is 0.380. The second-order valence-electron chi connectivity index (χ2n) is 7.16. The summed E-state index contributed by atoms with van der Waals surface area (Å²) in [6.45, 7) is 4.96. The van der Waals surface area contributed by atoms with Gasteiger partial charge in [0.05, 0.1) is 19.4 Å². The molecular formula is C22H21N7OS. The SMILES string of the molecule is Cc1cccc(/C=N/Nc2nc(N3CCOCC3)c3sc(-c4ccncc4)nc3n2)c1. The third kappa shape index (κ3) is 4.37. The monoisotopic (exact) mass is 431 g/mol. The van der Waals surface area contributed by atoms with Crippen LogP contribution in [0, 0.1) is 6.92 Å². The number of rotatable bonds is 5. The fraction of sp³-hybridized carbons (Fsp3) is 0.227. The van der Waals surface area contributed by atoms with E-state index in [1.54, 1.807) is 29.9 Å². The number of aryl methyl sites for hydroxylation is 1. The molecule has 8 nitrogen and oxygen atoms in total. The van der Waals surface area contributed by atoms with Crippen molar-refractivity contribution in [1.29, 1.82) is 0 Å². The van der Waals surface area contributed by atoms with Gasteiger partial charge in [-0.1, -0.05) is 29.8 Å². The highest BCUT2D eigenvalue weighted by molar-refractivity contribution is 7.22. The molecule has 1 fully saturated rings. The number of fused-ring (bicyclic) bond motifs is 1. The predicted octanol–water partition coefficient (Wildman–Crippen LogP) is 3.74. The second-order valence-corrected chi connectivity index (χ2v) is 8.16. The van der Waals surface area contributed by atoms with Gasteiger partial charge in [-0.25, -0.2) is 10.4 Å². The first-order chi connectivity index (χ1) is 15.3. The molecule has 0 amide bonds. The van der Waals surface area contributed by atoms with Gasteiger partial charge in [0.2, 0.25) is 5.95 Å². The molecular weight excluding hydrogens is 410 g/mol. The normalized spacial score (nSPS) is 14.4. The van der Waals surface area contributed by atoms with Crippen LogP contribution in [0.15, 0.2) is 53.9 Å². The number of morpholine rings is 1. The van der Waals surface area contributed by atoms with Crippen molar-refractivity contribution in [3.63, 3.8) is 0 Å². The molecule has 3 aromatic heterocycles. The lowest BCUT2D eigenvalue weighted by Crippen LogP contribution is -2.36. The van der Waals surface area contributed by atoms with E-state index in [1.165, 1.54) is 5.56 Å². The molecule has 1 aromatic carbocycles. The van der Waals surface area contributed by atoms with E-state index in [2.05, 4.69) is 44.5 Å². The summed E-state index contributed by atoms with van der Waals surface area (Å²) in [4.78, 5) is 20.5. The van der Waals surface area contributed by atoms with Gasteiger partial charge in [0, 0.05) is 31.0 Å². The zero-order valence-electron chi connectivity index (χ0n) is 17.0. The fourth-order valence-electron chi connectivity index (χ4n) is 3.38. The maximum Gasteiger partial charge on any atom is 0.247 e. The summed E-state index contributed by atoms with van der Waals surface area (Å²) in [6, 6.07) is 12.0. The summed E-state index contributed by atoms with van der Waals surface area (Å²) in [6.07, 6.45) is 5.30. The molecule has 0 spiro atoms. The Hall–Kier alpha value is -3.43. The van der Waals surface area contributed by atoms with Crippen molar-refractivity contribution in [2.45, 2.75) is 6.92 Å². The van der Waals surface area contributed by atoms with Crippen LogP contribution in [0.2, 0.25) is 0 Å². The molecule has 4 heterocycles.